The van der Waals surface area contributed by atoms with Crippen LogP contribution in [0.25, 0.3) is 0 Å². The maximum Gasteiger partial charge on any atom is 0.248 e. The van der Waals surface area contributed by atoms with Crippen LogP contribution in [0.3, 0.4) is 0 Å². The Morgan fingerprint density at radius 1 is 1.07 bits per heavy atom. The zero-order valence-corrected chi connectivity index (χ0v) is 25.2. The van der Waals surface area contributed by atoms with Crippen molar-refractivity contribution in [3.63, 3.8) is 0 Å². The number of thioether (sulfide) groups is 1. The molecule has 3 fully saturated rings. The highest BCUT2D eigenvalue weighted by atomic mass is 32.2. The minimum absolute atomic E-state index is 0.0223. The van der Waals surface area contributed by atoms with E-state index in [1.165, 1.54) is 0 Å². The molecule has 5 rings (SSSR count). The van der Waals surface area contributed by atoms with E-state index in [9.17, 15) is 19.5 Å². The first-order valence-electron chi connectivity index (χ1n) is 14.9. The summed E-state index contributed by atoms with van der Waals surface area (Å²) < 4.78 is -0.760. The standard InChI is InChI=1S/C32H42N4O4S/c1-5-17-33-29(38)26-25-18-20(4)32(41-25)27(26)31(40)36(24(19-37)21-11-9-8-10-12-21)28(32)30(39)34-22-13-15-23(16-14-22)35(6-2)7-3/h8-16,20,24-28,37H,5-7,17-19H2,1-4H3,(H,33,38)(H,34,39)/t20?,24-,25-,26+,27+,28?,32?/m1/s1. The zero-order chi connectivity index (χ0) is 29.3. The summed E-state index contributed by atoms with van der Waals surface area (Å²) in [4.78, 5) is 46.1. The second kappa shape index (κ2) is 12.1. The van der Waals surface area contributed by atoms with Crippen molar-refractivity contribution in [2.75, 3.05) is 36.5 Å². The maximum absolute atomic E-state index is 14.5. The van der Waals surface area contributed by atoms with Gasteiger partial charge in [0.25, 0.3) is 0 Å². The molecule has 3 aliphatic rings. The summed E-state index contributed by atoms with van der Waals surface area (Å²) in [7, 11) is 0. The largest absolute Gasteiger partial charge is 0.394 e. The maximum atomic E-state index is 14.5. The van der Waals surface area contributed by atoms with Crippen LogP contribution in [0.5, 0.6) is 0 Å². The normalized spacial score (nSPS) is 28.9. The summed E-state index contributed by atoms with van der Waals surface area (Å²) >= 11 is 1.64. The van der Waals surface area contributed by atoms with Crippen molar-refractivity contribution in [1.29, 1.82) is 0 Å². The molecule has 220 valence electrons. The molecular formula is C32H42N4O4S. The minimum Gasteiger partial charge on any atom is -0.394 e. The monoisotopic (exact) mass is 578 g/mol. The number of amides is 3. The molecule has 0 radical (unpaired) electrons. The molecule has 9 heteroatoms. The molecule has 41 heavy (non-hydrogen) atoms. The third-order valence-electron chi connectivity index (χ3n) is 9.24. The first-order chi connectivity index (χ1) is 19.8. The Hall–Kier alpha value is -3.04. The summed E-state index contributed by atoms with van der Waals surface area (Å²) in [6.07, 6.45) is 1.57. The number of likely N-dealkylation sites (tertiary alicyclic amines) is 1. The Morgan fingerprint density at radius 2 is 1.76 bits per heavy atom. The molecule has 0 aliphatic carbocycles. The van der Waals surface area contributed by atoms with E-state index in [-0.39, 0.29) is 35.5 Å². The zero-order valence-electron chi connectivity index (χ0n) is 24.4. The number of fused-ring (bicyclic) bond motifs is 1. The van der Waals surface area contributed by atoms with Crippen molar-refractivity contribution < 1.29 is 19.5 Å². The van der Waals surface area contributed by atoms with Gasteiger partial charge in [0.2, 0.25) is 17.7 Å². The van der Waals surface area contributed by atoms with Crippen LogP contribution in [0.2, 0.25) is 0 Å². The van der Waals surface area contributed by atoms with Crippen LogP contribution in [0.15, 0.2) is 54.6 Å². The van der Waals surface area contributed by atoms with Crippen LogP contribution >= 0.6 is 11.8 Å². The van der Waals surface area contributed by atoms with Gasteiger partial charge in [-0.1, -0.05) is 44.2 Å². The molecular weight excluding hydrogens is 536 g/mol. The van der Waals surface area contributed by atoms with Crippen LogP contribution in [0, 0.1) is 17.8 Å². The topological polar surface area (TPSA) is 102 Å². The van der Waals surface area contributed by atoms with Crippen LogP contribution in [0.4, 0.5) is 11.4 Å². The molecule has 0 aromatic heterocycles. The van der Waals surface area contributed by atoms with Crippen LogP contribution in [-0.2, 0) is 14.4 Å². The first-order valence-corrected chi connectivity index (χ1v) is 15.8. The van der Waals surface area contributed by atoms with Gasteiger partial charge in [0.15, 0.2) is 0 Å². The molecule has 7 atom stereocenters. The van der Waals surface area contributed by atoms with E-state index in [2.05, 4.69) is 36.3 Å². The fourth-order valence-corrected chi connectivity index (χ4v) is 9.75. The lowest BCUT2D eigenvalue weighted by molar-refractivity contribution is -0.142. The van der Waals surface area contributed by atoms with Crippen molar-refractivity contribution in [3.05, 3.63) is 60.2 Å². The minimum atomic E-state index is -0.839. The second-order valence-electron chi connectivity index (χ2n) is 11.4. The molecule has 3 N–H and O–H groups in total. The molecule has 3 heterocycles. The third-order valence-corrected chi connectivity index (χ3v) is 11.3. The number of aliphatic hydroxyl groups excluding tert-OH is 1. The SMILES string of the molecule is CCCNC(=O)[C@@H]1[C@H]2C(=O)N([C@H](CO)c3ccccc3)C(C(=O)Nc3ccc(N(CC)CC)cc3)C23S[C@@H]1CC3C. The van der Waals surface area contributed by atoms with Crippen LogP contribution in [0.1, 0.15) is 52.1 Å². The molecule has 2 aromatic rings. The van der Waals surface area contributed by atoms with Crippen molar-refractivity contribution in [2.24, 2.45) is 17.8 Å². The molecule has 2 bridgehead atoms. The third kappa shape index (κ3) is 4.91. The van der Waals surface area contributed by atoms with Gasteiger partial charge in [0, 0.05) is 36.3 Å². The summed E-state index contributed by atoms with van der Waals surface area (Å²) in [5, 5.41) is 16.8. The lowest BCUT2D eigenvalue weighted by Gasteiger charge is -2.40. The Kier molecular flexibility index (Phi) is 8.66. The number of aliphatic hydroxyl groups is 1. The molecule has 8 nitrogen and oxygen atoms in total. The quantitative estimate of drug-likeness (QED) is 0.372. The Morgan fingerprint density at radius 3 is 2.37 bits per heavy atom. The van der Waals surface area contributed by atoms with Crippen LogP contribution < -0.4 is 15.5 Å². The highest BCUT2D eigenvalue weighted by Crippen LogP contribution is 2.69. The number of rotatable bonds is 11. The highest BCUT2D eigenvalue weighted by Gasteiger charge is 2.76. The van der Waals surface area contributed by atoms with E-state index in [1.807, 2.05) is 61.5 Å². The molecule has 3 saturated heterocycles. The van der Waals surface area contributed by atoms with Gasteiger partial charge in [0.1, 0.15) is 6.04 Å². The van der Waals surface area contributed by atoms with E-state index in [1.54, 1.807) is 16.7 Å². The number of carbonyl (C=O) groups excluding carboxylic acids is 3. The Balaban J connectivity index is 1.54. The van der Waals surface area contributed by atoms with Crippen molar-refractivity contribution in [2.45, 2.75) is 62.6 Å². The average molecular weight is 579 g/mol. The molecule has 3 amide bonds. The Bertz CT molecular complexity index is 1250. The lowest BCUT2D eigenvalue weighted by atomic mass is 9.66. The first kappa shape index (κ1) is 29.5. The van der Waals surface area contributed by atoms with E-state index < -0.39 is 28.7 Å². The number of carbonyl (C=O) groups is 3. The van der Waals surface area contributed by atoms with E-state index in [4.69, 9.17) is 0 Å². The van der Waals surface area contributed by atoms with Gasteiger partial charge < -0.3 is 25.5 Å². The summed E-state index contributed by atoms with van der Waals surface area (Å²) in [6, 6.07) is 15.6. The smallest absolute Gasteiger partial charge is 0.248 e. The van der Waals surface area contributed by atoms with E-state index in [0.29, 0.717) is 12.2 Å². The Labute approximate surface area is 247 Å². The predicted octanol–water partition coefficient (Wildman–Crippen LogP) is 4.07. The number of nitrogens with zero attached hydrogens (tertiary/aromatic N) is 2. The molecule has 3 unspecified atom stereocenters. The molecule has 1 spiro atoms. The summed E-state index contributed by atoms with van der Waals surface area (Å²) in [5.41, 5.74) is 2.49. The fraction of sp³-hybridized carbons (Fsp3) is 0.531. The average Bonchev–Trinajstić information content (AvgIpc) is 3.58. The van der Waals surface area contributed by atoms with E-state index >= 15 is 0 Å². The number of hydrogen-bond donors (Lipinski definition) is 3. The lowest BCUT2D eigenvalue weighted by Crippen LogP contribution is -2.55. The van der Waals surface area contributed by atoms with Crippen molar-refractivity contribution in [1.82, 2.24) is 10.2 Å². The van der Waals surface area contributed by atoms with Crippen molar-refractivity contribution in [3.8, 4) is 0 Å². The molecule has 0 saturated carbocycles. The van der Waals surface area contributed by atoms with E-state index in [0.717, 1.165) is 37.2 Å². The number of hydrogen-bond acceptors (Lipinski definition) is 6. The highest BCUT2D eigenvalue weighted by molar-refractivity contribution is 8.02. The fourth-order valence-electron chi connectivity index (χ4n) is 7.35. The van der Waals surface area contributed by atoms with Crippen molar-refractivity contribution >= 4 is 40.9 Å². The molecule has 2 aromatic carbocycles. The van der Waals surface area contributed by atoms with Crippen LogP contribution in [-0.4, -0.2) is 70.0 Å². The van der Waals surface area contributed by atoms with Gasteiger partial charge in [-0.25, -0.2) is 0 Å². The van der Waals surface area contributed by atoms with Gasteiger partial charge in [-0.05, 0) is 62.4 Å². The van der Waals surface area contributed by atoms with Gasteiger partial charge in [-0.2, -0.15) is 0 Å². The number of benzene rings is 2. The predicted molar refractivity (Wildman–Crippen MR) is 164 cm³/mol. The van der Waals surface area contributed by atoms with Gasteiger partial charge >= 0.3 is 0 Å². The van der Waals surface area contributed by atoms with Gasteiger partial charge in [-0.3, -0.25) is 14.4 Å². The van der Waals surface area contributed by atoms with Gasteiger partial charge in [-0.15, -0.1) is 11.8 Å². The second-order valence-corrected chi connectivity index (χ2v) is 13.0. The number of anilines is 2. The number of nitrogens with one attached hydrogen (secondary N) is 2. The summed E-state index contributed by atoms with van der Waals surface area (Å²) in [6.45, 7) is 10.3. The molecule has 3 aliphatic heterocycles. The summed E-state index contributed by atoms with van der Waals surface area (Å²) in [5.74, 6) is -1.69. The van der Waals surface area contributed by atoms with Gasteiger partial charge in [0.05, 0.1) is 29.2 Å².